The van der Waals surface area contributed by atoms with Crippen molar-refractivity contribution in [2.45, 2.75) is 22.4 Å². The highest BCUT2D eigenvalue weighted by molar-refractivity contribution is 7.93. The Bertz CT molecular complexity index is 1280. The van der Waals surface area contributed by atoms with Crippen molar-refractivity contribution in [3.05, 3.63) is 60.7 Å². The molecule has 4 rings (SSSR count). The van der Waals surface area contributed by atoms with Crippen LogP contribution in [0.5, 0.6) is 17.2 Å². The highest BCUT2D eigenvalue weighted by atomic mass is 32.2. The van der Waals surface area contributed by atoms with Crippen molar-refractivity contribution in [1.29, 1.82) is 0 Å². The van der Waals surface area contributed by atoms with Crippen molar-refractivity contribution in [3.63, 3.8) is 0 Å². The number of hydrogen-bond donors (Lipinski definition) is 0. The zero-order valence-electron chi connectivity index (χ0n) is 17.9. The van der Waals surface area contributed by atoms with E-state index in [2.05, 4.69) is 19.7 Å². The lowest BCUT2D eigenvalue weighted by molar-refractivity contribution is -0.0497. The lowest BCUT2D eigenvalue weighted by atomic mass is 10.3. The number of nitrogens with zero attached hydrogens (tertiary/aromatic N) is 4. The fraction of sp³-hybridized carbons (Fsp3) is 0.190. The number of alkyl halides is 2. The van der Waals surface area contributed by atoms with Crippen LogP contribution in [-0.2, 0) is 28.3 Å². The normalized spacial score (nSPS) is 13.1. The van der Waals surface area contributed by atoms with Crippen LogP contribution in [0.4, 0.5) is 8.78 Å². The molecule has 0 aliphatic rings. The number of rotatable bonds is 9. The van der Waals surface area contributed by atoms with Gasteiger partial charge in [-0.25, -0.2) is 0 Å². The molecule has 3 heterocycles. The molecule has 0 fully saturated rings. The monoisotopic (exact) mass is 508 g/mol. The standard InChI is InChI=1S/C21H18F2N4O5S2/c1-30-18-7-9-25-16(19(18)31-2)12-33(28)21-26-15-6-5-13(32-20(22)23)10-17(15)27(21)34(29)14-4-3-8-24-11-14/h3-11,20H,12H2,1-2H3. The first-order chi connectivity index (χ1) is 16.4. The molecule has 2 atom stereocenters. The first-order valence-corrected chi connectivity index (χ1v) is 12.1. The Morgan fingerprint density at radius 1 is 1.09 bits per heavy atom. The Morgan fingerprint density at radius 2 is 1.91 bits per heavy atom. The SMILES string of the molecule is COc1ccnc(C[S+]([O-])c2nc3ccc(OC(F)F)cc3n2[S+]([O-])c2cccnc2)c1OC. The van der Waals surface area contributed by atoms with E-state index >= 15 is 0 Å². The topological polar surface area (TPSA) is 117 Å². The second kappa shape index (κ2) is 10.4. The van der Waals surface area contributed by atoms with Gasteiger partial charge >= 0.3 is 11.8 Å². The third-order valence-electron chi connectivity index (χ3n) is 4.62. The molecule has 0 bridgehead atoms. The number of hydrogen-bond acceptors (Lipinski definition) is 8. The van der Waals surface area contributed by atoms with Gasteiger partial charge in [0.15, 0.2) is 22.1 Å². The summed E-state index contributed by atoms with van der Waals surface area (Å²) in [6.45, 7) is -3.04. The fourth-order valence-electron chi connectivity index (χ4n) is 3.19. The van der Waals surface area contributed by atoms with Gasteiger partial charge < -0.3 is 23.3 Å². The molecule has 0 N–H and O–H groups in total. The third-order valence-corrected chi connectivity index (χ3v) is 7.30. The molecule has 2 unspecified atom stereocenters. The molecule has 0 aliphatic heterocycles. The van der Waals surface area contributed by atoms with Gasteiger partial charge in [0, 0.05) is 35.7 Å². The third kappa shape index (κ3) is 4.87. The Labute approximate surface area is 199 Å². The van der Waals surface area contributed by atoms with Gasteiger partial charge in [0.05, 0.1) is 25.9 Å². The molecule has 34 heavy (non-hydrogen) atoms. The molecule has 9 nitrogen and oxygen atoms in total. The Hall–Kier alpha value is -3.13. The molecule has 4 aromatic rings. The van der Waals surface area contributed by atoms with Crippen LogP contribution in [-0.4, -0.2) is 48.9 Å². The summed E-state index contributed by atoms with van der Waals surface area (Å²) in [4.78, 5) is 12.9. The summed E-state index contributed by atoms with van der Waals surface area (Å²) < 4.78 is 68.8. The second-order valence-corrected chi connectivity index (χ2v) is 9.32. The van der Waals surface area contributed by atoms with Gasteiger partial charge in [-0.05, 0) is 24.3 Å². The largest absolute Gasteiger partial charge is 0.609 e. The molecule has 0 spiro atoms. The van der Waals surface area contributed by atoms with E-state index < -0.39 is 29.1 Å². The van der Waals surface area contributed by atoms with Crippen LogP contribution in [0, 0.1) is 0 Å². The van der Waals surface area contributed by atoms with Crippen LogP contribution in [0.2, 0.25) is 0 Å². The summed E-state index contributed by atoms with van der Waals surface area (Å²) in [5.41, 5.74) is 0.842. The lowest BCUT2D eigenvalue weighted by Gasteiger charge is -2.16. The minimum atomic E-state index is -3.04. The van der Waals surface area contributed by atoms with Crippen LogP contribution in [0.3, 0.4) is 0 Å². The minimum absolute atomic E-state index is 0.0435. The maximum Gasteiger partial charge on any atom is 0.387 e. The molecule has 1 aromatic carbocycles. The van der Waals surface area contributed by atoms with Gasteiger partial charge in [-0.3, -0.25) is 9.97 Å². The van der Waals surface area contributed by atoms with Crippen molar-refractivity contribution in [2.24, 2.45) is 0 Å². The predicted molar refractivity (Wildman–Crippen MR) is 120 cm³/mol. The summed E-state index contributed by atoms with van der Waals surface area (Å²) in [5.74, 6) is 0.432. The zero-order chi connectivity index (χ0) is 24.2. The Morgan fingerprint density at radius 3 is 2.59 bits per heavy atom. The second-order valence-electron chi connectivity index (χ2n) is 6.64. The molecule has 13 heteroatoms. The first-order valence-electron chi connectivity index (χ1n) is 9.66. The maximum atomic E-state index is 13.5. The number of pyridine rings is 2. The number of ether oxygens (including phenoxy) is 3. The molecule has 178 valence electrons. The van der Waals surface area contributed by atoms with Crippen LogP contribution in [0.25, 0.3) is 11.0 Å². The van der Waals surface area contributed by atoms with E-state index in [1.807, 2.05) is 0 Å². The van der Waals surface area contributed by atoms with E-state index in [0.29, 0.717) is 27.6 Å². The quantitative estimate of drug-likeness (QED) is 0.316. The number of benzene rings is 1. The summed E-state index contributed by atoms with van der Waals surface area (Å²) in [6, 6.07) is 8.77. The van der Waals surface area contributed by atoms with Crippen LogP contribution < -0.4 is 14.2 Å². The fourth-order valence-corrected chi connectivity index (χ4v) is 5.77. The zero-order valence-corrected chi connectivity index (χ0v) is 19.5. The van der Waals surface area contributed by atoms with Crippen molar-refractivity contribution in [1.82, 2.24) is 18.9 Å². The number of methoxy groups -OCH3 is 2. The van der Waals surface area contributed by atoms with Gasteiger partial charge in [0.2, 0.25) is 0 Å². The van der Waals surface area contributed by atoms with Crippen LogP contribution >= 0.6 is 0 Å². The van der Waals surface area contributed by atoms with Crippen molar-refractivity contribution < 1.29 is 32.1 Å². The number of aromatic nitrogens is 4. The van der Waals surface area contributed by atoms with Gasteiger partial charge in [-0.1, -0.05) is 3.97 Å². The summed E-state index contributed by atoms with van der Waals surface area (Å²) >= 11 is -3.80. The van der Waals surface area contributed by atoms with Crippen molar-refractivity contribution in [3.8, 4) is 17.2 Å². The lowest BCUT2D eigenvalue weighted by Crippen LogP contribution is -2.20. The number of halogens is 2. The highest BCUT2D eigenvalue weighted by Crippen LogP contribution is 2.34. The minimum Gasteiger partial charge on any atom is -0.609 e. The predicted octanol–water partition coefficient (Wildman–Crippen LogP) is 3.32. The van der Waals surface area contributed by atoms with E-state index in [1.54, 1.807) is 18.2 Å². The number of imidazole rings is 1. The Kier molecular flexibility index (Phi) is 7.36. The number of fused-ring (bicyclic) bond motifs is 1. The van der Waals surface area contributed by atoms with Crippen LogP contribution in [0.15, 0.2) is 65.0 Å². The molecule has 0 saturated carbocycles. The molecule has 0 saturated heterocycles. The van der Waals surface area contributed by atoms with Crippen molar-refractivity contribution >= 4 is 33.6 Å². The van der Waals surface area contributed by atoms with Gasteiger partial charge in [0.1, 0.15) is 28.3 Å². The average molecular weight is 509 g/mol. The summed E-state index contributed by atoms with van der Waals surface area (Å²) in [7, 11) is 2.90. The van der Waals surface area contributed by atoms with Crippen molar-refractivity contribution in [2.75, 3.05) is 14.2 Å². The smallest absolute Gasteiger partial charge is 0.387 e. The molecular formula is C21H18F2N4O5S2. The van der Waals surface area contributed by atoms with E-state index in [1.165, 1.54) is 55.0 Å². The van der Waals surface area contributed by atoms with E-state index in [4.69, 9.17) is 9.47 Å². The molecule has 0 radical (unpaired) electrons. The van der Waals surface area contributed by atoms with E-state index in [9.17, 15) is 17.9 Å². The summed E-state index contributed by atoms with van der Waals surface area (Å²) in [5, 5.41) is -0.0435. The van der Waals surface area contributed by atoms with Crippen LogP contribution in [0.1, 0.15) is 5.69 Å². The Balaban J connectivity index is 1.81. The highest BCUT2D eigenvalue weighted by Gasteiger charge is 2.33. The van der Waals surface area contributed by atoms with E-state index in [-0.39, 0.29) is 22.2 Å². The molecule has 0 aliphatic carbocycles. The van der Waals surface area contributed by atoms with Gasteiger partial charge in [-0.2, -0.15) is 13.8 Å². The molecule has 0 amide bonds. The van der Waals surface area contributed by atoms with Gasteiger partial charge in [-0.15, -0.1) is 0 Å². The molecular weight excluding hydrogens is 490 g/mol. The van der Waals surface area contributed by atoms with E-state index in [0.717, 1.165) is 0 Å². The first kappa shape index (κ1) is 24.0. The van der Waals surface area contributed by atoms with Gasteiger partial charge in [0.25, 0.3) is 0 Å². The molecule has 3 aromatic heterocycles. The summed E-state index contributed by atoms with van der Waals surface area (Å²) in [6.07, 6.45) is 4.39. The maximum absolute atomic E-state index is 13.5. The average Bonchev–Trinajstić information content (AvgIpc) is 3.22.